The molecule has 40 heavy (non-hydrogen) atoms. The number of nitro groups is 1. The maximum absolute atomic E-state index is 12.9. The van der Waals surface area contributed by atoms with E-state index in [1.165, 1.54) is 32.4 Å². The van der Waals surface area contributed by atoms with Crippen LogP contribution in [-0.2, 0) is 4.79 Å². The van der Waals surface area contributed by atoms with E-state index >= 15 is 0 Å². The van der Waals surface area contributed by atoms with E-state index in [0.29, 0.717) is 39.1 Å². The van der Waals surface area contributed by atoms with E-state index in [-0.39, 0.29) is 22.7 Å². The first-order valence-electron chi connectivity index (χ1n) is 11.9. The van der Waals surface area contributed by atoms with Gasteiger partial charge in [-0.15, -0.1) is 0 Å². The molecular weight excluding hydrogens is 532 g/mol. The molecule has 0 bridgehead atoms. The summed E-state index contributed by atoms with van der Waals surface area (Å²) in [5.41, 5.74) is 2.76. The highest BCUT2D eigenvalue weighted by molar-refractivity contribution is 8.00. The SMILES string of the molecule is COc1ccc(NC(=O)CSc2nc(-c3ccccc3)cc(-c3ccc(OC)c(OC)c3)c2C#N)c([N+](=O)[O-])c1. The van der Waals surface area contributed by atoms with E-state index in [4.69, 9.17) is 19.2 Å². The lowest BCUT2D eigenvalue weighted by Crippen LogP contribution is -2.15. The van der Waals surface area contributed by atoms with Crippen molar-refractivity contribution in [3.63, 3.8) is 0 Å². The van der Waals surface area contributed by atoms with Gasteiger partial charge in [-0.2, -0.15) is 5.26 Å². The van der Waals surface area contributed by atoms with Gasteiger partial charge in [0.15, 0.2) is 11.5 Å². The van der Waals surface area contributed by atoms with Crippen molar-refractivity contribution < 1.29 is 23.9 Å². The molecule has 4 rings (SSSR count). The first kappa shape index (κ1) is 27.9. The van der Waals surface area contributed by atoms with Crippen LogP contribution in [0.25, 0.3) is 22.4 Å². The second-order valence-electron chi connectivity index (χ2n) is 8.26. The number of thioether (sulfide) groups is 1. The van der Waals surface area contributed by atoms with Gasteiger partial charge in [0.05, 0.1) is 49.3 Å². The fraction of sp³-hybridized carbons (Fsp3) is 0.138. The van der Waals surface area contributed by atoms with Crippen molar-refractivity contribution in [2.75, 3.05) is 32.4 Å². The second-order valence-corrected chi connectivity index (χ2v) is 9.22. The highest BCUT2D eigenvalue weighted by Gasteiger charge is 2.20. The van der Waals surface area contributed by atoms with Crippen LogP contribution in [-0.4, -0.2) is 42.9 Å². The third-order valence-electron chi connectivity index (χ3n) is 5.88. The Morgan fingerprint density at radius 3 is 2.38 bits per heavy atom. The normalized spacial score (nSPS) is 10.3. The number of carbonyl (C=O) groups excluding carboxylic acids is 1. The van der Waals surface area contributed by atoms with E-state index < -0.39 is 10.8 Å². The quantitative estimate of drug-likeness (QED) is 0.143. The smallest absolute Gasteiger partial charge is 0.296 e. The third kappa shape index (κ3) is 6.14. The van der Waals surface area contributed by atoms with Gasteiger partial charge >= 0.3 is 0 Å². The molecule has 1 N–H and O–H groups in total. The van der Waals surface area contributed by atoms with Crippen LogP contribution in [0, 0.1) is 21.4 Å². The number of amides is 1. The summed E-state index contributed by atoms with van der Waals surface area (Å²) in [5, 5.41) is 24.6. The van der Waals surface area contributed by atoms with E-state index in [9.17, 15) is 20.2 Å². The summed E-state index contributed by atoms with van der Waals surface area (Å²) in [4.78, 5) is 28.5. The Morgan fingerprint density at radius 2 is 1.73 bits per heavy atom. The lowest BCUT2D eigenvalue weighted by molar-refractivity contribution is -0.384. The molecule has 0 radical (unpaired) electrons. The molecule has 10 nitrogen and oxygen atoms in total. The maximum atomic E-state index is 12.9. The average molecular weight is 557 g/mol. The lowest BCUT2D eigenvalue weighted by atomic mass is 9.99. The number of methoxy groups -OCH3 is 3. The minimum absolute atomic E-state index is 0.0360. The number of pyridine rings is 1. The largest absolute Gasteiger partial charge is 0.496 e. The molecule has 0 aliphatic heterocycles. The predicted octanol–water partition coefficient (Wildman–Crippen LogP) is 5.95. The lowest BCUT2D eigenvalue weighted by Gasteiger charge is -2.14. The molecule has 11 heteroatoms. The van der Waals surface area contributed by atoms with Gasteiger partial charge in [0.1, 0.15) is 22.5 Å². The van der Waals surface area contributed by atoms with E-state index in [1.807, 2.05) is 42.5 Å². The number of nitriles is 1. The topological polar surface area (TPSA) is 137 Å². The van der Waals surface area contributed by atoms with Crippen LogP contribution in [0.15, 0.2) is 77.8 Å². The van der Waals surface area contributed by atoms with E-state index in [1.54, 1.807) is 19.2 Å². The number of hydrogen-bond donors (Lipinski definition) is 1. The van der Waals surface area contributed by atoms with Crippen molar-refractivity contribution >= 4 is 29.0 Å². The van der Waals surface area contributed by atoms with Crippen molar-refractivity contribution in [1.29, 1.82) is 5.26 Å². The minimum atomic E-state index is -0.598. The summed E-state index contributed by atoms with van der Waals surface area (Å²) in [5.74, 6) is 0.691. The fourth-order valence-corrected chi connectivity index (χ4v) is 4.74. The maximum Gasteiger partial charge on any atom is 0.296 e. The highest BCUT2D eigenvalue weighted by Crippen LogP contribution is 2.38. The molecule has 0 aliphatic carbocycles. The first-order valence-corrected chi connectivity index (χ1v) is 12.8. The van der Waals surface area contributed by atoms with E-state index in [0.717, 1.165) is 17.3 Å². The predicted molar refractivity (Wildman–Crippen MR) is 152 cm³/mol. The number of benzene rings is 3. The number of anilines is 1. The summed E-state index contributed by atoms with van der Waals surface area (Å²) in [7, 11) is 4.47. The summed E-state index contributed by atoms with van der Waals surface area (Å²) in [6, 6.07) is 23.0. The minimum Gasteiger partial charge on any atom is -0.496 e. The zero-order valence-electron chi connectivity index (χ0n) is 21.8. The molecule has 0 aliphatic rings. The molecule has 1 aromatic heterocycles. The Kier molecular flexibility index (Phi) is 8.83. The number of nitrogens with zero attached hydrogens (tertiary/aromatic N) is 3. The molecule has 1 amide bonds. The van der Waals surface area contributed by atoms with Crippen molar-refractivity contribution in [3.8, 4) is 45.7 Å². The van der Waals surface area contributed by atoms with Gasteiger partial charge in [0.25, 0.3) is 5.69 Å². The summed E-state index contributed by atoms with van der Waals surface area (Å²) in [6.45, 7) is 0. The summed E-state index contributed by atoms with van der Waals surface area (Å²) >= 11 is 1.06. The molecule has 0 saturated carbocycles. The van der Waals surface area contributed by atoms with Crippen molar-refractivity contribution in [2.45, 2.75) is 5.03 Å². The van der Waals surface area contributed by atoms with Crippen LogP contribution in [0.5, 0.6) is 17.2 Å². The van der Waals surface area contributed by atoms with Crippen molar-refractivity contribution in [3.05, 3.63) is 88.5 Å². The molecule has 0 fully saturated rings. The molecule has 0 spiro atoms. The van der Waals surface area contributed by atoms with Gasteiger partial charge in [0, 0.05) is 11.1 Å². The Morgan fingerprint density at radius 1 is 0.975 bits per heavy atom. The monoisotopic (exact) mass is 556 g/mol. The molecule has 0 saturated heterocycles. The Bertz CT molecular complexity index is 1600. The van der Waals surface area contributed by atoms with Crippen molar-refractivity contribution in [1.82, 2.24) is 4.98 Å². The number of rotatable bonds is 10. The molecule has 4 aromatic rings. The molecule has 3 aromatic carbocycles. The zero-order chi connectivity index (χ0) is 28.6. The van der Waals surface area contributed by atoms with Crippen molar-refractivity contribution in [2.24, 2.45) is 0 Å². The molecule has 0 unspecified atom stereocenters. The van der Waals surface area contributed by atoms with Crippen LogP contribution in [0.1, 0.15) is 5.56 Å². The van der Waals surface area contributed by atoms with Crippen LogP contribution >= 0.6 is 11.8 Å². The highest BCUT2D eigenvalue weighted by atomic mass is 32.2. The van der Waals surface area contributed by atoms with Gasteiger partial charge in [-0.1, -0.05) is 48.2 Å². The number of aromatic nitrogens is 1. The standard InChI is InChI=1S/C29H24N4O6S/c1-37-20-10-11-23(25(14-20)33(35)36)31-28(34)17-40-29-22(16-30)21(15-24(32-29)18-7-5-4-6-8-18)19-9-12-26(38-2)27(13-19)39-3/h4-15H,17H2,1-3H3,(H,31,34). The number of ether oxygens (including phenoxy) is 3. The van der Waals surface area contributed by atoms with Crippen LogP contribution in [0.3, 0.4) is 0 Å². The summed E-state index contributed by atoms with van der Waals surface area (Å²) < 4.78 is 15.8. The Labute approximate surface area is 234 Å². The molecule has 0 atom stereocenters. The molecule has 1 heterocycles. The number of nitro benzene ring substituents is 1. The number of hydrogen-bond acceptors (Lipinski definition) is 9. The fourth-order valence-electron chi connectivity index (χ4n) is 3.94. The third-order valence-corrected chi connectivity index (χ3v) is 6.85. The Balaban J connectivity index is 1.70. The van der Waals surface area contributed by atoms with Crippen LogP contribution < -0.4 is 19.5 Å². The van der Waals surface area contributed by atoms with Crippen LogP contribution in [0.2, 0.25) is 0 Å². The van der Waals surface area contributed by atoms with Crippen LogP contribution in [0.4, 0.5) is 11.4 Å². The first-order chi connectivity index (χ1) is 19.4. The Hall–Kier alpha value is -5.08. The number of nitrogens with one attached hydrogen (secondary N) is 1. The summed E-state index contributed by atoms with van der Waals surface area (Å²) in [6.07, 6.45) is 0. The number of carbonyl (C=O) groups is 1. The van der Waals surface area contributed by atoms with Gasteiger partial charge in [-0.05, 0) is 35.9 Å². The average Bonchev–Trinajstić information content (AvgIpc) is 2.99. The molecular formula is C29H24N4O6S. The van der Waals surface area contributed by atoms with Gasteiger partial charge in [0.2, 0.25) is 5.91 Å². The molecule has 202 valence electrons. The zero-order valence-corrected chi connectivity index (χ0v) is 22.7. The second kappa shape index (κ2) is 12.6. The van der Waals surface area contributed by atoms with Gasteiger partial charge in [-0.25, -0.2) is 4.98 Å². The van der Waals surface area contributed by atoms with Gasteiger partial charge in [-0.3, -0.25) is 14.9 Å². The van der Waals surface area contributed by atoms with Gasteiger partial charge < -0.3 is 19.5 Å². The van der Waals surface area contributed by atoms with E-state index in [2.05, 4.69) is 11.4 Å².